The van der Waals surface area contributed by atoms with E-state index in [2.05, 4.69) is 172 Å². The third-order valence-electron chi connectivity index (χ3n) is 9.98. The van der Waals surface area contributed by atoms with Crippen LogP contribution in [0.4, 0.5) is 0 Å². The number of hydrogen-bond donors (Lipinski definition) is 0. The SMILES string of the molecule is Cc1ccc(-c2c3ccccc3c(-c3ccc4c(ccc5ccccc54)c3)c3ccccc23)cc1-c1ccc2ccccc2c1C. The number of aryl methyl sites for hydroxylation is 2. The fourth-order valence-corrected chi connectivity index (χ4v) is 7.71. The Morgan fingerprint density at radius 2 is 0.761 bits per heavy atom. The smallest absolute Gasteiger partial charge is 0.00262 e. The Bertz CT molecular complexity index is 2600. The molecule has 0 fully saturated rings. The Labute approximate surface area is 269 Å². The van der Waals surface area contributed by atoms with Gasteiger partial charge >= 0.3 is 0 Å². The molecule has 0 atom stereocenters. The first-order valence-corrected chi connectivity index (χ1v) is 16.1. The molecule has 0 saturated heterocycles. The maximum Gasteiger partial charge on any atom is -0.00262 e. The van der Waals surface area contributed by atoms with Crippen LogP contribution in [0.3, 0.4) is 0 Å². The molecule has 0 nitrogen and oxygen atoms in total. The highest BCUT2D eigenvalue weighted by atomic mass is 14.2. The zero-order chi connectivity index (χ0) is 30.8. The first-order valence-electron chi connectivity index (χ1n) is 16.1. The lowest BCUT2D eigenvalue weighted by atomic mass is 9.84. The van der Waals surface area contributed by atoms with E-state index in [0.717, 1.165) is 0 Å². The molecule has 0 aromatic heterocycles. The molecule has 0 aliphatic rings. The highest BCUT2D eigenvalue weighted by molar-refractivity contribution is 6.22. The lowest BCUT2D eigenvalue weighted by Gasteiger charge is -2.19. The van der Waals surface area contributed by atoms with Gasteiger partial charge in [-0.3, -0.25) is 0 Å². The van der Waals surface area contributed by atoms with Crippen molar-refractivity contribution in [1.29, 1.82) is 0 Å². The molecule has 0 amide bonds. The molecule has 0 heteroatoms. The van der Waals surface area contributed by atoms with Crippen LogP contribution in [0, 0.1) is 13.8 Å². The van der Waals surface area contributed by atoms with Crippen LogP contribution in [-0.4, -0.2) is 0 Å². The molecular weight excluding hydrogens is 553 g/mol. The fourth-order valence-electron chi connectivity index (χ4n) is 7.71. The van der Waals surface area contributed by atoms with Gasteiger partial charge in [-0.2, -0.15) is 0 Å². The second-order valence-corrected chi connectivity index (χ2v) is 12.6. The summed E-state index contributed by atoms with van der Waals surface area (Å²) in [4.78, 5) is 0. The van der Waals surface area contributed by atoms with Gasteiger partial charge < -0.3 is 0 Å². The number of hydrogen-bond acceptors (Lipinski definition) is 0. The Morgan fingerprint density at radius 3 is 1.41 bits per heavy atom. The van der Waals surface area contributed by atoms with E-state index in [1.165, 1.54) is 98.4 Å². The summed E-state index contributed by atoms with van der Waals surface area (Å²) < 4.78 is 0. The predicted molar refractivity (Wildman–Crippen MR) is 200 cm³/mol. The highest BCUT2D eigenvalue weighted by Gasteiger charge is 2.18. The number of fused-ring (bicyclic) bond motifs is 6. The molecule has 0 aliphatic carbocycles. The van der Waals surface area contributed by atoms with Gasteiger partial charge in [-0.15, -0.1) is 0 Å². The average molecular weight is 585 g/mol. The standard InChI is InChI=1S/C46H32/c1-29-19-20-35(28-44(29)37-25-23-31-11-3-5-13-36(31)30(37)2)46-42-17-9-7-15-40(42)45(41-16-8-10-18-43(41)46)34-24-26-39-33(27-34)22-21-32-12-4-6-14-38(32)39/h3-28H,1-2H3. The van der Waals surface area contributed by atoms with Gasteiger partial charge in [0, 0.05) is 0 Å². The maximum atomic E-state index is 2.42. The molecule has 0 N–H and O–H groups in total. The number of benzene rings is 9. The van der Waals surface area contributed by atoms with Gasteiger partial charge in [0.25, 0.3) is 0 Å². The topological polar surface area (TPSA) is 0 Å². The van der Waals surface area contributed by atoms with Crippen molar-refractivity contribution in [3.63, 3.8) is 0 Å². The summed E-state index contributed by atoms with van der Waals surface area (Å²) in [6.45, 7) is 4.49. The van der Waals surface area contributed by atoms with Crippen molar-refractivity contribution >= 4 is 53.9 Å². The molecule has 9 aromatic rings. The molecule has 0 bridgehead atoms. The first kappa shape index (κ1) is 26.7. The van der Waals surface area contributed by atoms with E-state index < -0.39 is 0 Å². The van der Waals surface area contributed by atoms with Crippen molar-refractivity contribution in [1.82, 2.24) is 0 Å². The van der Waals surface area contributed by atoms with E-state index in [1.807, 2.05) is 0 Å². The van der Waals surface area contributed by atoms with Crippen LogP contribution in [0.15, 0.2) is 158 Å². The summed E-state index contributed by atoms with van der Waals surface area (Å²) in [6, 6.07) is 58.4. The second-order valence-electron chi connectivity index (χ2n) is 12.6. The molecule has 0 heterocycles. The van der Waals surface area contributed by atoms with Crippen LogP contribution >= 0.6 is 0 Å². The normalized spacial score (nSPS) is 11.7. The zero-order valence-corrected chi connectivity index (χ0v) is 26.0. The van der Waals surface area contributed by atoms with E-state index in [0.29, 0.717) is 0 Å². The van der Waals surface area contributed by atoms with Gasteiger partial charge in [-0.05, 0) is 124 Å². The average Bonchev–Trinajstić information content (AvgIpc) is 3.11. The molecule has 0 saturated carbocycles. The minimum Gasteiger partial charge on any atom is -0.0616 e. The summed E-state index contributed by atoms with van der Waals surface area (Å²) in [5.74, 6) is 0. The molecule has 0 radical (unpaired) electrons. The molecule has 0 unspecified atom stereocenters. The molecular formula is C46H32. The minimum absolute atomic E-state index is 1.25. The van der Waals surface area contributed by atoms with Crippen molar-refractivity contribution in [3.05, 3.63) is 169 Å². The summed E-state index contributed by atoms with van der Waals surface area (Å²) in [5, 5.41) is 12.8. The van der Waals surface area contributed by atoms with Crippen molar-refractivity contribution in [2.75, 3.05) is 0 Å². The molecule has 0 spiro atoms. The quantitative estimate of drug-likeness (QED) is 0.143. The lowest BCUT2D eigenvalue weighted by molar-refractivity contribution is 1.43. The summed E-state index contributed by atoms with van der Waals surface area (Å²) in [6.07, 6.45) is 0. The van der Waals surface area contributed by atoms with Crippen LogP contribution in [0.5, 0.6) is 0 Å². The Morgan fingerprint density at radius 1 is 0.304 bits per heavy atom. The molecule has 9 aromatic carbocycles. The Hall–Kier alpha value is -5.72. The molecule has 216 valence electrons. The van der Waals surface area contributed by atoms with Gasteiger partial charge in [0.15, 0.2) is 0 Å². The third kappa shape index (κ3) is 4.07. The van der Waals surface area contributed by atoms with Gasteiger partial charge in [-0.1, -0.05) is 146 Å². The monoisotopic (exact) mass is 584 g/mol. The first-order chi connectivity index (χ1) is 22.7. The zero-order valence-electron chi connectivity index (χ0n) is 26.0. The number of rotatable bonds is 3. The molecule has 9 rings (SSSR count). The van der Waals surface area contributed by atoms with Crippen molar-refractivity contribution in [2.45, 2.75) is 13.8 Å². The summed E-state index contributed by atoms with van der Waals surface area (Å²) >= 11 is 0. The lowest BCUT2D eigenvalue weighted by Crippen LogP contribution is -1.93. The van der Waals surface area contributed by atoms with Crippen molar-refractivity contribution < 1.29 is 0 Å². The van der Waals surface area contributed by atoms with E-state index in [1.54, 1.807) is 0 Å². The van der Waals surface area contributed by atoms with E-state index in [9.17, 15) is 0 Å². The molecule has 46 heavy (non-hydrogen) atoms. The predicted octanol–water partition coefficient (Wildman–Crippen LogP) is 13.1. The van der Waals surface area contributed by atoms with Gasteiger partial charge in [0.1, 0.15) is 0 Å². The second kappa shape index (κ2) is 10.4. The Balaban J connectivity index is 1.30. The van der Waals surface area contributed by atoms with E-state index in [4.69, 9.17) is 0 Å². The largest absolute Gasteiger partial charge is 0.0616 e. The van der Waals surface area contributed by atoms with Crippen LogP contribution in [-0.2, 0) is 0 Å². The van der Waals surface area contributed by atoms with Gasteiger partial charge in [-0.25, -0.2) is 0 Å². The van der Waals surface area contributed by atoms with Crippen molar-refractivity contribution in [3.8, 4) is 33.4 Å². The summed E-state index contributed by atoms with van der Waals surface area (Å²) in [7, 11) is 0. The van der Waals surface area contributed by atoms with Gasteiger partial charge in [0.2, 0.25) is 0 Å². The molecule has 0 aliphatic heterocycles. The van der Waals surface area contributed by atoms with Gasteiger partial charge in [0.05, 0.1) is 0 Å². The van der Waals surface area contributed by atoms with Crippen LogP contribution in [0.2, 0.25) is 0 Å². The van der Waals surface area contributed by atoms with E-state index in [-0.39, 0.29) is 0 Å². The summed E-state index contributed by atoms with van der Waals surface area (Å²) in [5.41, 5.74) is 10.3. The van der Waals surface area contributed by atoms with Crippen molar-refractivity contribution in [2.24, 2.45) is 0 Å². The Kier molecular flexibility index (Phi) is 6.05. The maximum absolute atomic E-state index is 2.42. The highest BCUT2D eigenvalue weighted by Crippen LogP contribution is 2.45. The van der Waals surface area contributed by atoms with Crippen LogP contribution in [0.25, 0.3) is 87.2 Å². The fraction of sp³-hybridized carbons (Fsp3) is 0.0435. The van der Waals surface area contributed by atoms with Crippen LogP contribution < -0.4 is 0 Å². The minimum atomic E-state index is 1.25. The van der Waals surface area contributed by atoms with Crippen LogP contribution in [0.1, 0.15) is 11.1 Å². The third-order valence-corrected chi connectivity index (χ3v) is 9.98. The van der Waals surface area contributed by atoms with E-state index >= 15 is 0 Å².